The van der Waals surface area contributed by atoms with Crippen molar-refractivity contribution >= 4 is 23.5 Å². The molecule has 1 amide bonds. The number of rotatable bonds is 8. The molecule has 32 heavy (non-hydrogen) atoms. The van der Waals surface area contributed by atoms with E-state index in [1.54, 1.807) is 38.3 Å². The molecular formula is C24H25ClFNO5. The third-order valence-electron chi connectivity index (χ3n) is 5.36. The number of ether oxygens (including phenoxy) is 3. The maximum absolute atomic E-state index is 14.1. The Morgan fingerprint density at radius 2 is 1.97 bits per heavy atom. The summed E-state index contributed by atoms with van der Waals surface area (Å²) in [7, 11) is 3.07. The summed E-state index contributed by atoms with van der Waals surface area (Å²) < 4.78 is 30.2. The van der Waals surface area contributed by atoms with Gasteiger partial charge in [0.15, 0.2) is 0 Å². The van der Waals surface area contributed by atoms with E-state index in [2.05, 4.69) is 5.32 Å². The van der Waals surface area contributed by atoms with Crippen LogP contribution in [0, 0.1) is 11.7 Å². The van der Waals surface area contributed by atoms with Crippen molar-refractivity contribution in [1.29, 1.82) is 0 Å². The van der Waals surface area contributed by atoms with Crippen molar-refractivity contribution in [2.75, 3.05) is 20.8 Å². The number of methoxy groups -OCH3 is 2. The number of carbonyl (C=O) groups is 2. The van der Waals surface area contributed by atoms with E-state index in [1.165, 1.54) is 25.3 Å². The van der Waals surface area contributed by atoms with Gasteiger partial charge in [0.1, 0.15) is 17.3 Å². The number of nitrogens with one attached hydrogen (secondary N) is 1. The molecule has 0 saturated carbocycles. The topological polar surface area (TPSA) is 73.9 Å². The first-order chi connectivity index (χ1) is 15.4. The number of amides is 1. The van der Waals surface area contributed by atoms with E-state index in [1.807, 2.05) is 6.08 Å². The van der Waals surface area contributed by atoms with Crippen LogP contribution in [0.3, 0.4) is 0 Å². The zero-order chi connectivity index (χ0) is 23.3. The quantitative estimate of drug-likeness (QED) is 0.462. The van der Waals surface area contributed by atoms with Crippen LogP contribution in [0.5, 0.6) is 11.5 Å². The van der Waals surface area contributed by atoms with Crippen LogP contribution in [-0.4, -0.2) is 38.7 Å². The van der Waals surface area contributed by atoms with Crippen LogP contribution < -0.4 is 14.8 Å². The van der Waals surface area contributed by atoms with Gasteiger partial charge in [-0.1, -0.05) is 29.8 Å². The summed E-state index contributed by atoms with van der Waals surface area (Å²) in [5.41, 5.74) is 0.423. The van der Waals surface area contributed by atoms with Crippen LogP contribution in [0.2, 0.25) is 5.02 Å². The molecule has 0 heterocycles. The molecule has 0 aliphatic heterocycles. The summed E-state index contributed by atoms with van der Waals surface area (Å²) in [6.45, 7) is 1.97. The third-order valence-corrected chi connectivity index (χ3v) is 5.68. The molecule has 8 heteroatoms. The summed E-state index contributed by atoms with van der Waals surface area (Å²) in [6, 6.07) is 8.90. The highest BCUT2D eigenvalue weighted by Gasteiger charge is 2.36. The normalized spacial score (nSPS) is 18.2. The lowest BCUT2D eigenvalue weighted by Gasteiger charge is -2.24. The van der Waals surface area contributed by atoms with Crippen LogP contribution in [0.15, 0.2) is 48.6 Å². The Balaban J connectivity index is 1.84. The van der Waals surface area contributed by atoms with Crippen molar-refractivity contribution in [1.82, 2.24) is 5.32 Å². The highest BCUT2D eigenvalue weighted by Crippen LogP contribution is 2.40. The average molecular weight is 462 g/mol. The van der Waals surface area contributed by atoms with Crippen molar-refractivity contribution in [3.8, 4) is 11.5 Å². The Kier molecular flexibility index (Phi) is 7.75. The van der Waals surface area contributed by atoms with E-state index in [9.17, 15) is 14.0 Å². The van der Waals surface area contributed by atoms with Crippen LogP contribution in [0.4, 0.5) is 4.39 Å². The Hall–Kier alpha value is -3.06. The first-order valence-electron chi connectivity index (χ1n) is 10.2. The van der Waals surface area contributed by atoms with Gasteiger partial charge in [0.2, 0.25) is 0 Å². The SMILES string of the molecule is CCOC(=O)[C@H](c1cc(OC)ccc1OC)[C@H]1C=C[C@H](NC(=O)c2c(F)cccc2Cl)C1. The van der Waals surface area contributed by atoms with Gasteiger partial charge < -0.3 is 19.5 Å². The van der Waals surface area contributed by atoms with Crippen molar-refractivity contribution < 1.29 is 28.2 Å². The summed E-state index contributed by atoms with van der Waals surface area (Å²) in [5.74, 6) is -1.56. The zero-order valence-corrected chi connectivity index (χ0v) is 18.8. The fourth-order valence-corrected chi connectivity index (χ4v) is 4.13. The van der Waals surface area contributed by atoms with Crippen molar-refractivity contribution in [3.05, 3.63) is 70.5 Å². The van der Waals surface area contributed by atoms with Crippen LogP contribution in [-0.2, 0) is 9.53 Å². The minimum Gasteiger partial charge on any atom is -0.497 e. The molecule has 1 aliphatic carbocycles. The predicted octanol–water partition coefficient (Wildman–Crippen LogP) is 4.52. The van der Waals surface area contributed by atoms with E-state index >= 15 is 0 Å². The van der Waals surface area contributed by atoms with Crippen LogP contribution in [0.25, 0.3) is 0 Å². The maximum Gasteiger partial charge on any atom is 0.314 e. The predicted molar refractivity (Wildman–Crippen MR) is 119 cm³/mol. The molecule has 2 aromatic rings. The summed E-state index contributed by atoms with van der Waals surface area (Å²) in [5, 5.41) is 2.81. The molecule has 0 aromatic heterocycles. The molecule has 3 rings (SSSR count). The molecule has 0 saturated heterocycles. The molecule has 1 N–H and O–H groups in total. The molecule has 3 atom stereocenters. The smallest absolute Gasteiger partial charge is 0.314 e. The van der Waals surface area contributed by atoms with Gasteiger partial charge in [-0.15, -0.1) is 0 Å². The lowest BCUT2D eigenvalue weighted by molar-refractivity contribution is -0.146. The lowest BCUT2D eigenvalue weighted by atomic mass is 9.84. The maximum atomic E-state index is 14.1. The Morgan fingerprint density at radius 1 is 1.19 bits per heavy atom. The zero-order valence-electron chi connectivity index (χ0n) is 18.1. The first kappa shape index (κ1) is 23.6. The molecule has 0 bridgehead atoms. The summed E-state index contributed by atoms with van der Waals surface area (Å²) >= 11 is 6.00. The first-order valence-corrected chi connectivity index (χ1v) is 10.6. The number of hydrogen-bond acceptors (Lipinski definition) is 5. The van der Waals surface area contributed by atoms with E-state index in [4.69, 9.17) is 25.8 Å². The minimum atomic E-state index is -0.695. The third kappa shape index (κ3) is 5.05. The van der Waals surface area contributed by atoms with Gasteiger partial charge in [0, 0.05) is 11.6 Å². The standard InChI is InChI=1S/C24H25ClFNO5/c1-4-32-24(29)21(17-13-16(30-2)10-11-20(17)31-3)14-8-9-15(12-14)27-23(28)22-18(25)6-5-7-19(22)26/h5-11,13-15,21H,4,12H2,1-3H3,(H,27,28)/t14-,15-,21-/m0/s1. The van der Waals surface area contributed by atoms with Gasteiger partial charge in [-0.05, 0) is 49.6 Å². The van der Waals surface area contributed by atoms with Crippen LogP contribution in [0.1, 0.15) is 35.2 Å². The fraction of sp³-hybridized carbons (Fsp3) is 0.333. The van der Waals surface area contributed by atoms with Crippen molar-refractivity contribution in [2.45, 2.75) is 25.3 Å². The second-order valence-corrected chi connectivity index (χ2v) is 7.71. The summed E-state index contributed by atoms with van der Waals surface area (Å²) in [6.07, 6.45) is 4.06. The van der Waals surface area contributed by atoms with Crippen molar-refractivity contribution in [3.63, 3.8) is 0 Å². The second kappa shape index (κ2) is 10.5. The van der Waals surface area contributed by atoms with E-state index < -0.39 is 29.7 Å². The number of halogens is 2. The van der Waals surface area contributed by atoms with Gasteiger partial charge in [-0.2, -0.15) is 0 Å². The Bertz CT molecular complexity index is 1010. The number of carbonyl (C=O) groups excluding carboxylic acids is 2. The lowest BCUT2D eigenvalue weighted by Crippen LogP contribution is -2.34. The van der Waals surface area contributed by atoms with Gasteiger partial charge in [0.05, 0.1) is 37.3 Å². The number of benzene rings is 2. The van der Waals surface area contributed by atoms with Gasteiger partial charge in [-0.25, -0.2) is 4.39 Å². The van der Waals surface area contributed by atoms with Gasteiger partial charge in [-0.3, -0.25) is 9.59 Å². The minimum absolute atomic E-state index is 0.0338. The van der Waals surface area contributed by atoms with Crippen LogP contribution >= 0.6 is 11.6 Å². The summed E-state index contributed by atoms with van der Waals surface area (Å²) in [4.78, 5) is 25.5. The Labute approximate surface area is 191 Å². The molecule has 0 spiro atoms. The average Bonchev–Trinajstić information content (AvgIpc) is 3.21. The van der Waals surface area contributed by atoms with E-state index in [0.717, 1.165) is 0 Å². The number of hydrogen-bond donors (Lipinski definition) is 1. The number of esters is 1. The van der Waals surface area contributed by atoms with E-state index in [-0.39, 0.29) is 23.1 Å². The highest BCUT2D eigenvalue weighted by molar-refractivity contribution is 6.33. The highest BCUT2D eigenvalue weighted by atomic mass is 35.5. The Morgan fingerprint density at radius 3 is 2.62 bits per heavy atom. The molecule has 6 nitrogen and oxygen atoms in total. The second-order valence-electron chi connectivity index (χ2n) is 7.30. The molecule has 0 fully saturated rings. The molecule has 0 radical (unpaired) electrons. The number of allylic oxidation sites excluding steroid dienone is 1. The fourth-order valence-electron chi connectivity index (χ4n) is 3.88. The molecule has 2 aromatic carbocycles. The van der Waals surface area contributed by atoms with Gasteiger partial charge in [0.25, 0.3) is 5.91 Å². The van der Waals surface area contributed by atoms with Gasteiger partial charge >= 0.3 is 5.97 Å². The van der Waals surface area contributed by atoms with Crippen molar-refractivity contribution in [2.24, 2.45) is 5.92 Å². The molecule has 1 aliphatic rings. The van der Waals surface area contributed by atoms with E-state index in [0.29, 0.717) is 23.5 Å². The molecular weight excluding hydrogens is 437 g/mol. The monoisotopic (exact) mass is 461 g/mol. The molecule has 170 valence electrons. The largest absolute Gasteiger partial charge is 0.497 e. The molecule has 0 unspecified atom stereocenters.